The number of ether oxygens (including phenoxy) is 1. The lowest BCUT2D eigenvalue weighted by molar-refractivity contribution is 0.0690. The molecule has 3 rings (SSSR count). The first-order valence-electron chi connectivity index (χ1n) is 9.86. The summed E-state index contributed by atoms with van der Waals surface area (Å²) in [6.45, 7) is 10.8. The third-order valence-electron chi connectivity index (χ3n) is 5.21. The van der Waals surface area contributed by atoms with E-state index in [-0.39, 0.29) is 11.1 Å². The number of carboxylic acids is 1. The lowest BCUT2D eigenvalue weighted by Gasteiger charge is -2.19. The Hall–Kier alpha value is -2.46. The molecule has 0 aliphatic heterocycles. The average Bonchev–Trinajstić information content (AvgIpc) is 3.01. The molecular formula is C24H28ClNO3. The van der Waals surface area contributed by atoms with Crippen molar-refractivity contribution >= 4 is 28.5 Å². The van der Waals surface area contributed by atoms with Crippen molar-refractivity contribution in [1.29, 1.82) is 0 Å². The summed E-state index contributed by atoms with van der Waals surface area (Å²) in [6.07, 6.45) is 1.34. The predicted molar refractivity (Wildman–Crippen MR) is 119 cm³/mol. The Morgan fingerprint density at radius 1 is 1.17 bits per heavy atom. The SMILES string of the molecule is Cc1cc(OCCCc2c(C(=O)O)[nH]c3c(C(C)(C)C)cccc23)cc(C)c1Cl. The largest absolute Gasteiger partial charge is 0.494 e. The summed E-state index contributed by atoms with van der Waals surface area (Å²) in [7, 11) is 0. The van der Waals surface area contributed by atoms with Crippen LogP contribution in [0.2, 0.25) is 5.02 Å². The molecule has 0 saturated heterocycles. The van der Waals surface area contributed by atoms with Gasteiger partial charge in [0.1, 0.15) is 11.4 Å². The fourth-order valence-electron chi connectivity index (χ4n) is 3.77. The van der Waals surface area contributed by atoms with Gasteiger partial charge in [-0.25, -0.2) is 4.79 Å². The highest BCUT2D eigenvalue weighted by atomic mass is 35.5. The minimum absolute atomic E-state index is 0.0786. The number of hydrogen-bond acceptors (Lipinski definition) is 2. The van der Waals surface area contributed by atoms with Gasteiger partial charge in [-0.05, 0) is 66.5 Å². The van der Waals surface area contributed by atoms with Gasteiger partial charge in [0.2, 0.25) is 0 Å². The van der Waals surface area contributed by atoms with E-state index >= 15 is 0 Å². The highest BCUT2D eigenvalue weighted by molar-refractivity contribution is 6.32. The highest BCUT2D eigenvalue weighted by Gasteiger charge is 2.23. The van der Waals surface area contributed by atoms with Gasteiger partial charge in [0.25, 0.3) is 0 Å². The van der Waals surface area contributed by atoms with Crippen LogP contribution in [0, 0.1) is 13.8 Å². The third-order valence-corrected chi connectivity index (χ3v) is 5.81. The summed E-state index contributed by atoms with van der Waals surface area (Å²) in [5.74, 6) is -0.141. The Morgan fingerprint density at radius 3 is 2.41 bits per heavy atom. The Morgan fingerprint density at radius 2 is 1.83 bits per heavy atom. The normalized spacial score (nSPS) is 11.8. The quantitative estimate of drug-likeness (QED) is 0.456. The zero-order chi connectivity index (χ0) is 21.3. The number of aromatic nitrogens is 1. The molecule has 1 aromatic heterocycles. The molecule has 0 fully saturated rings. The van der Waals surface area contributed by atoms with Gasteiger partial charge in [-0.2, -0.15) is 0 Å². The van der Waals surface area contributed by atoms with Crippen molar-refractivity contribution in [2.24, 2.45) is 0 Å². The highest BCUT2D eigenvalue weighted by Crippen LogP contribution is 2.33. The van der Waals surface area contributed by atoms with E-state index in [0.717, 1.165) is 43.9 Å². The van der Waals surface area contributed by atoms with Crippen LogP contribution in [-0.4, -0.2) is 22.7 Å². The van der Waals surface area contributed by atoms with Crippen LogP contribution >= 0.6 is 11.6 Å². The van der Waals surface area contributed by atoms with E-state index < -0.39 is 5.97 Å². The third kappa shape index (κ3) is 4.43. The number of halogens is 1. The number of nitrogens with one attached hydrogen (secondary N) is 1. The fraction of sp³-hybridized carbons (Fsp3) is 0.375. The van der Waals surface area contributed by atoms with E-state index in [1.807, 2.05) is 38.1 Å². The van der Waals surface area contributed by atoms with E-state index in [1.54, 1.807) is 0 Å². The van der Waals surface area contributed by atoms with Crippen LogP contribution in [0.25, 0.3) is 10.9 Å². The molecule has 0 spiro atoms. The second kappa shape index (κ2) is 8.11. The van der Waals surface area contributed by atoms with Gasteiger partial charge in [0, 0.05) is 10.4 Å². The maximum Gasteiger partial charge on any atom is 0.352 e. The molecule has 0 atom stereocenters. The van der Waals surface area contributed by atoms with Crippen molar-refractivity contribution in [3.8, 4) is 5.75 Å². The standard InChI is InChI=1S/C24H28ClNO3/c1-14-12-16(13-15(2)20(14)25)29-11-7-9-18-17-8-6-10-19(24(3,4)5)21(17)26-22(18)23(27)28/h6,8,10,12-13,26H,7,9,11H2,1-5H3,(H,27,28). The predicted octanol–water partition coefficient (Wildman–Crippen LogP) is 6.45. The monoisotopic (exact) mass is 413 g/mol. The second-order valence-electron chi connectivity index (χ2n) is 8.58. The number of aromatic carboxylic acids is 1. The molecule has 4 nitrogen and oxygen atoms in total. The minimum Gasteiger partial charge on any atom is -0.494 e. The summed E-state index contributed by atoms with van der Waals surface area (Å²) in [5, 5.41) is 11.4. The molecule has 0 bridgehead atoms. The van der Waals surface area contributed by atoms with Crippen LogP contribution in [0.3, 0.4) is 0 Å². The van der Waals surface area contributed by atoms with E-state index in [4.69, 9.17) is 16.3 Å². The number of benzene rings is 2. The van der Waals surface area contributed by atoms with Gasteiger partial charge in [-0.1, -0.05) is 50.6 Å². The lowest BCUT2D eigenvalue weighted by Crippen LogP contribution is -2.11. The number of H-pyrrole nitrogens is 1. The maximum absolute atomic E-state index is 11.8. The van der Waals surface area contributed by atoms with Gasteiger partial charge >= 0.3 is 5.97 Å². The molecule has 0 aliphatic carbocycles. The molecule has 29 heavy (non-hydrogen) atoms. The van der Waals surface area contributed by atoms with Gasteiger partial charge in [-0.3, -0.25) is 0 Å². The Bertz CT molecular complexity index is 1040. The van der Waals surface area contributed by atoms with Crippen molar-refractivity contribution in [1.82, 2.24) is 4.98 Å². The fourth-order valence-corrected chi connectivity index (χ4v) is 3.88. The molecule has 5 heteroatoms. The van der Waals surface area contributed by atoms with Gasteiger partial charge < -0.3 is 14.8 Å². The van der Waals surface area contributed by atoms with Crippen molar-refractivity contribution in [2.75, 3.05) is 6.61 Å². The van der Waals surface area contributed by atoms with Crippen molar-refractivity contribution in [3.63, 3.8) is 0 Å². The van der Waals surface area contributed by atoms with Crippen LogP contribution in [0.5, 0.6) is 5.75 Å². The van der Waals surface area contributed by atoms with E-state index in [1.165, 1.54) is 0 Å². The van der Waals surface area contributed by atoms with Crippen LogP contribution in [-0.2, 0) is 11.8 Å². The minimum atomic E-state index is -0.930. The van der Waals surface area contributed by atoms with Crippen LogP contribution in [0.4, 0.5) is 0 Å². The van der Waals surface area contributed by atoms with E-state index in [9.17, 15) is 9.90 Å². The van der Waals surface area contributed by atoms with E-state index in [2.05, 4.69) is 31.8 Å². The molecule has 2 N–H and O–H groups in total. The van der Waals surface area contributed by atoms with E-state index in [0.29, 0.717) is 19.4 Å². The molecule has 1 heterocycles. The summed E-state index contributed by atoms with van der Waals surface area (Å²) in [4.78, 5) is 15.0. The number of aromatic amines is 1. The van der Waals surface area contributed by atoms with Crippen LogP contribution in [0.15, 0.2) is 30.3 Å². The number of para-hydroxylation sites is 1. The van der Waals surface area contributed by atoms with Gasteiger partial charge in [-0.15, -0.1) is 0 Å². The van der Waals surface area contributed by atoms with Crippen LogP contribution in [0.1, 0.15) is 59.9 Å². The number of hydrogen-bond donors (Lipinski definition) is 2. The zero-order valence-corrected chi connectivity index (χ0v) is 18.4. The Kier molecular flexibility index (Phi) is 5.95. The van der Waals surface area contributed by atoms with Crippen molar-refractivity contribution in [3.05, 3.63) is 63.3 Å². The van der Waals surface area contributed by atoms with Crippen LogP contribution < -0.4 is 4.74 Å². The molecule has 0 aliphatic rings. The van der Waals surface area contributed by atoms with Crippen molar-refractivity contribution < 1.29 is 14.6 Å². The molecular weight excluding hydrogens is 386 g/mol. The molecule has 0 saturated carbocycles. The molecule has 0 unspecified atom stereocenters. The molecule has 2 aromatic carbocycles. The first-order chi connectivity index (χ1) is 13.6. The van der Waals surface area contributed by atoms with Crippen molar-refractivity contribution in [2.45, 2.75) is 52.9 Å². The Labute approximate surface area is 176 Å². The summed E-state index contributed by atoms with van der Waals surface area (Å²) in [6, 6.07) is 9.92. The maximum atomic E-state index is 11.8. The summed E-state index contributed by atoms with van der Waals surface area (Å²) >= 11 is 6.21. The summed E-state index contributed by atoms with van der Waals surface area (Å²) in [5.41, 5.74) is 5.04. The zero-order valence-electron chi connectivity index (χ0n) is 17.6. The lowest BCUT2D eigenvalue weighted by atomic mass is 9.85. The topological polar surface area (TPSA) is 62.3 Å². The summed E-state index contributed by atoms with van der Waals surface area (Å²) < 4.78 is 5.90. The number of rotatable bonds is 6. The molecule has 154 valence electrons. The molecule has 0 amide bonds. The Balaban J connectivity index is 1.81. The average molecular weight is 414 g/mol. The smallest absolute Gasteiger partial charge is 0.352 e. The first-order valence-corrected chi connectivity index (χ1v) is 10.2. The second-order valence-corrected chi connectivity index (χ2v) is 8.96. The number of carboxylic acid groups (broad SMARTS) is 1. The first kappa shape index (κ1) is 21.3. The van der Waals surface area contributed by atoms with Gasteiger partial charge in [0.05, 0.1) is 12.1 Å². The molecule has 0 radical (unpaired) electrons. The number of carbonyl (C=O) groups is 1. The van der Waals surface area contributed by atoms with Gasteiger partial charge in [0.15, 0.2) is 0 Å². The number of fused-ring (bicyclic) bond motifs is 1. The number of aryl methyl sites for hydroxylation is 3. The molecule has 3 aromatic rings.